The average Bonchev–Trinajstić information content (AvgIpc) is 2.20. The number of rotatable bonds is 2. The molecule has 1 aromatic carbocycles. The van der Waals surface area contributed by atoms with Crippen molar-refractivity contribution in [1.82, 2.24) is 0 Å². The second kappa shape index (κ2) is 4.42. The maximum Gasteiger partial charge on any atom is 0.151 e. The number of hydrogen-bond acceptors (Lipinski definition) is 4. The number of anilines is 1. The Kier molecular flexibility index (Phi) is 3.24. The lowest BCUT2D eigenvalue weighted by molar-refractivity contribution is 0.321. The quantitative estimate of drug-likeness (QED) is 0.455. The molecule has 0 aromatic heterocycles. The van der Waals surface area contributed by atoms with Gasteiger partial charge in [-0.3, -0.25) is 0 Å². The van der Waals surface area contributed by atoms with Gasteiger partial charge in [-0.1, -0.05) is 5.16 Å². The van der Waals surface area contributed by atoms with Crippen LogP contribution in [0, 0.1) is 17.1 Å². The summed E-state index contributed by atoms with van der Waals surface area (Å²) in [6, 6.07) is 4.83. The van der Waals surface area contributed by atoms with E-state index in [1.165, 1.54) is 6.07 Å². The number of halogens is 1. The van der Waals surface area contributed by atoms with Crippen molar-refractivity contribution in [3.8, 4) is 6.07 Å². The van der Waals surface area contributed by atoms with Crippen LogP contribution < -0.4 is 4.90 Å². The molecule has 0 saturated heterocycles. The van der Waals surface area contributed by atoms with Crippen LogP contribution >= 0.6 is 0 Å². The molecule has 0 aliphatic carbocycles. The van der Waals surface area contributed by atoms with Gasteiger partial charge in [0.2, 0.25) is 0 Å². The molecule has 4 nitrogen and oxygen atoms in total. The molecular weight excluding hydrogens is 197 g/mol. The van der Waals surface area contributed by atoms with E-state index in [-0.39, 0.29) is 11.1 Å². The van der Waals surface area contributed by atoms with Gasteiger partial charge in [0.05, 0.1) is 11.9 Å². The van der Waals surface area contributed by atoms with Gasteiger partial charge in [0.1, 0.15) is 11.6 Å². The molecule has 0 radical (unpaired) electrons. The highest BCUT2D eigenvalue weighted by Gasteiger charge is 2.13. The fraction of sp³-hybridized carbons (Fsp3) is 0.200. The van der Waals surface area contributed by atoms with Gasteiger partial charge in [-0.05, 0) is 12.1 Å². The first-order valence-corrected chi connectivity index (χ1v) is 4.19. The van der Waals surface area contributed by atoms with Crippen LogP contribution in [0.25, 0.3) is 0 Å². The number of nitrogens with zero attached hydrogens (tertiary/aromatic N) is 3. The van der Waals surface area contributed by atoms with Gasteiger partial charge < -0.3 is 10.1 Å². The van der Waals surface area contributed by atoms with Crippen LogP contribution in [-0.4, -0.2) is 25.5 Å². The zero-order chi connectivity index (χ0) is 11.4. The van der Waals surface area contributed by atoms with Gasteiger partial charge in [0.25, 0.3) is 0 Å². The Bertz CT molecular complexity index is 435. The average molecular weight is 207 g/mol. The van der Waals surface area contributed by atoms with Crippen molar-refractivity contribution in [3.63, 3.8) is 0 Å². The predicted molar refractivity (Wildman–Crippen MR) is 54.8 cm³/mol. The highest BCUT2D eigenvalue weighted by atomic mass is 19.1. The molecule has 1 rings (SSSR count). The van der Waals surface area contributed by atoms with Crippen LogP contribution in [0.2, 0.25) is 0 Å². The molecule has 0 heterocycles. The Morgan fingerprint density at radius 1 is 1.53 bits per heavy atom. The van der Waals surface area contributed by atoms with Crippen molar-refractivity contribution in [1.29, 1.82) is 5.26 Å². The number of benzene rings is 1. The zero-order valence-electron chi connectivity index (χ0n) is 8.40. The molecule has 0 aliphatic rings. The maximum atomic E-state index is 13.6. The Morgan fingerprint density at radius 2 is 2.20 bits per heavy atom. The van der Waals surface area contributed by atoms with Crippen molar-refractivity contribution < 1.29 is 9.60 Å². The van der Waals surface area contributed by atoms with E-state index in [9.17, 15) is 4.39 Å². The van der Waals surface area contributed by atoms with Crippen LogP contribution in [0.3, 0.4) is 0 Å². The number of hydrogen-bond donors (Lipinski definition) is 1. The standard InChI is InChI=1S/C10H10FN3O/c1-14(2)9-4-3-7(6-13-15)10(11)8(9)5-12/h3-4,6,15H,1-2H3/b13-6-. The van der Waals surface area contributed by atoms with E-state index in [0.29, 0.717) is 5.69 Å². The van der Waals surface area contributed by atoms with Gasteiger partial charge in [0, 0.05) is 19.7 Å². The van der Waals surface area contributed by atoms with Crippen LogP contribution in [0.15, 0.2) is 17.3 Å². The maximum absolute atomic E-state index is 13.6. The lowest BCUT2D eigenvalue weighted by Gasteiger charge is -2.14. The van der Waals surface area contributed by atoms with Gasteiger partial charge in [0.15, 0.2) is 5.82 Å². The lowest BCUT2D eigenvalue weighted by Crippen LogP contribution is -2.12. The Hall–Kier alpha value is -2.09. The van der Waals surface area contributed by atoms with Crippen molar-refractivity contribution in [2.45, 2.75) is 0 Å². The fourth-order valence-corrected chi connectivity index (χ4v) is 1.22. The molecule has 1 aromatic rings. The van der Waals surface area contributed by atoms with Crippen molar-refractivity contribution in [2.24, 2.45) is 5.16 Å². The van der Waals surface area contributed by atoms with E-state index < -0.39 is 5.82 Å². The fourth-order valence-electron chi connectivity index (χ4n) is 1.22. The monoisotopic (exact) mass is 207 g/mol. The van der Waals surface area contributed by atoms with E-state index in [4.69, 9.17) is 10.5 Å². The Morgan fingerprint density at radius 3 is 2.67 bits per heavy atom. The summed E-state index contributed by atoms with van der Waals surface area (Å²) in [5.41, 5.74) is 0.516. The number of oxime groups is 1. The van der Waals surface area contributed by atoms with E-state index in [0.717, 1.165) is 6.21 Å². The number of nitriles is 1. The largest absolute Gasteiger partial charge is 0.411 e. The first-order chi connectivity index (χ1) is 7.11. The molecule has 78 valence electrons. The molecule has 0 bridgehead atoms. The van der Waals surface area contributed by atoms with Crippen molar-refractivity contribution in [2.75, 3.05) is 19.0 Å². The normalized spacial score (nSPS) is 10.3. The highest BCUT2D eigenvalue weighted by Crippen LogP contribution is 2.22. The summed E-state index contributed by atoms with van der Waals surface area (Å²) in [5.74, 6) is -0.679. The summed E-state index contributed by atoms with van der Waals surface area (Å²) in [6.07, 6.45) is 0.954. The molecule has 0 fully saturated rings. The second-order valence-electron chi connectivity index (χ2n) is 3.11. The third kappa shape index (κ3) is 2.05. The molecule has 0 amide bonds. The third-order valence-corrected chi connectivity index (χ3v) is 1.94. The second-order valence-corrected chi connectivity index (χ2v) is 3.11. The molecule has 15 heavy (non-hydrogen) atoms. The van der Waals surface area contributed by atoms with Gasteiger partial charge in [-0.2, -0.15) is 5.26 Å². The van der Waals surface area contributed by atoms with Gasteiger partial charge >= 0.3 is 0 Å². The summed E-state index contributed by atoms with van der Waals surface area (Å²) in [5, 5.41) is 19.8. The first-order valence-electron chi connectivity index (χ1n) is 4.19. The SMILES string of the molecule is CN(C)c1ccc(/C=N\O)c(F)c1C#N. The van der Waals surface area contributed by atoms with E-state index in [2.05, 4.69) is 5.16 Å². The van der Waals surface area contributed by atoms with Crippen LogP contribution in [0.1, 0.15) is 11.1 Å². The third-order valence-electron chi connectivity index (χ3n) is 1.94. The summed E-state index contributed by atoms with van der Waals surface area (Å²) >= 11 is 0. The Balaban J connectivity index is 3.41. The molecule has 1 N–H and O–H groups in total. The summed E-state index contributed by atoms with van der Waals surface area (Å²) in [4.78, 5) is 1.64. The van der Waals surface area contributed by atoms with Crippen LogP contribution in [0.5, 0.6) is 0 Å². The first kappa shape index (κ1) is 11.0. The van der Waals surface area contributed by atoms with Crippen molar-refractivity contribution in [3.05, 3.63) is 29.1 Å². The topological polar surface area (TPSA) is 59.6 Å². The molecule has 0 aliphatic heterocycles. The minimum atomic E-state index is -0.679. The van der Waals surface area contributed by atoms with E-state index >= 15 is 0 Å². The van der Waals surface area contributed by atoms with Gasteiger partial charge in [-0.25, -0.2) is 4.39 Å². The van der Waals surface area contributed by atoms with E-state index in [1.54, 1.807) is 31.1 Å². The minimum absolute atomic E-state index is 0.0580. The molecular formula is C10H10FN3O. The Labute approximate surface area is 86.9 Å². The smallest absolute Gasteiger partial charge is 0.151 e. The zero-order valence-corrected chi connectivity index (χ0v) is 8.40. The molecule has 0 atom stereocenters. The molecule has 0 unspecified atom stereocenters. The predicted octanol–water partition coefficient (Wildman–Crippen LogP) is 1.57. The van der Waals surface area contributed by atoms with Crippen molar-refractivity contribution >= 4 is 11.9 Å². The summed E-state index contributed by atoms with van der Waals surface area (Å²) in [6.45, 7) is 0. The molecule has 0 spiro atoms. The highest BCUT2D eigenvalue weighted by molar-refractivity contribution is 5.82. The van der Waals surface area contributed by atoms with E-state index in [1.807, 2.05) is 0 Å². The molecule has 5 heteroatoms. The van der Waals surface area contributed by atoms with Crippen LogP contribution in [0.4, 0.5) is 10.1 Å². The molecule has 0 saturated carbocycles. The minimum Gasteiger partial charge on any atom is -0.411 e. The van der Waals surface area contributed by atoms with Gasteiger partial charge in [-0.15, -0.1) is 0 Å². The lowest BCUT2D eigenvalue weighted by atomic mass is 10.1. The van der Waals surface area contributed by atoms with Crippen LogP contribution in [-0.2, 0) is 0 Å². The summed E-state index contributed by atoms with van der Waals surface area (Å²) in [7, 11) is 3.44. The summed E-state index contributed by atoms with van der Waals surface area (Å²) < 4.78 is 13.6.